The van der Waals surface area contributed by atoms with Crippen LogP contribution in [0.3, 0.4) is 0 Å². The first-order chi connectivity index (χ1) is 15.4. The van der Waals surface area contributed by atoms with Crippen LogP contribution in [-0.4, -0.2) is 79.6 Å². The number of hydrogen-bond acceptors (Lipinski definition) is 7. The molecule has 0 unspecified atom stereocenters. The second-order valence-corrected chi connectivity index (χ2v) is 9.21. The number of carbonyl (C=O) groups is 2. The highest BCUT2D eigenvalue weighted by Gasteiger charge is 2.30. The number of halogens is 1. The summed E-state index contributed by atoms with van der Waals surface area (Å²) in [5.41, 5.74) is 1.07. The zero-order valence-electron chi connectivity index (χ0n) is 19.0. The fraction of sp³-hybridized carbons (Fsp3) is 0.652. The van der Waals surface area contributed by atoms with E-state index in [1.807, 2.05) is 5.01 Å². The predicted molar refractivity (Wildman–Crippen MR) is 122 cm³/mol. The molecule has 3 aliphatic rings. The molecule has 3 aliphatic heterocycles. The predicted octanol–water partition coefficient (Wildman–Crippen LogP) is 1.81. The van der Waals surface area contributed by atoms with Crippen molar-refractivity contribution in [3.05, 3.63) is 24.0 Å². The molecule has 32 heavy (non-hydrogen) atoms. The Morgan fingerprint density at radius 3 is 2.31 bits per heavy atom. The van der Waals surface area contributed by atoms with E-state index >= 15 is 0 Å². The van der Waals surface area contributed by atoms with Crippen molar-refractivity contribution < 1.29 is 14.0 Å². The molecular weight excluding hydrogens is 411 g/mol. The van der Waals surface area contributed by atoms with Crippen LogP contribution in [0.15, 0.2) is 18.2 Å². The Hall–Kier alpha value is -2.23. The molecule has 0 atom stereocenters. The first kappa shape index (κ1) is 22.9. The number of amides is 2. The number of nitrogens with two attached hydrogens (primary N) is 1. The van der Waals surface area contributed by atoms with Crippen LogP contribution < -0.4 is 15.8 Å². The molecule has 0 saturated carbocycles. The summed E-state index contributed by atoms with van der Waals surface area (Å²) in [6, 6.07) is 4.96. The maximum absolute atomic E-state index is 15.0. The number of anilines is 2. The molecule has 3 fully saturated rings. The summed E-state index contributed by atoms with van der Waals surface area (Å²) in [6.45, 7) is 6.49. The van der Waals surface area contributed by atoms with Crippen molar-refractivity contribution in [3.63, 3.8) is 0 Å². The Kier molecular flexibility index (Phi) is 7.27. The Morgan fingerprint density at radius 1 is 1.03 bits per heavy atom. The number of rotatable bonds is 6. The molecule has 4 rings (SSSR count). The smallest absolute Gasteiger partial charge is 0.248 e. The zero-order valence-corrected chi connectivity index (χ0v) is 19.0. The summed E-state index contributed by atoms with van der Waals surface area (Å²) in [6.07, 6.45) is 4.82. The maximum Gasteiger partial charge on any atom is 0.248 e. The van der Waals surface area contributed by atoms with Crippen molar-refractivity contribution in [2.24, 2.45) is 11.8 Å². The normalized spacial score (nSPS) is 22.0. The molecule has 3 saturated heterocycles. The summed E-state index contributed by atoms with van der Waals surface area (Å²) in [4.78, 5) is 28.9. The fourth-order valence-corrected chi connectivity index (χ4v) is 4.96. The van der Waals surface area contributed by atoms with Crippen molar-refractivity contribution in [1.82, 2.24) is 14.9 Å². The van der Waals surface area contributed by atoms with E-state index in [-0.39, 0.29) is 17.6 Å². The van der Waals surface area contributed by atoms with Crippen molar-refractivity contribution in [1.29, 1.82) is 0 Å². The molecule has 2 N–H and O–H groups in total. The van der Waals surface area contributed by atoms with Crippen LogP contribution in [-0.2, 0) is 9.59 Å². The Balaban J connectivity index is 1.30. The Labute approximate surface area is 189 Å². The summed E-state index contributed by atoms with van der Waals surface area (Å²) < 4.78 is 15.0. The maximum atomic E-state index is 15.0. The van der Waals surface area contributed by atoms with Gasteiger partial charge in [0.2, 0.25) is 11.8 Å². The third kappa shape index (κ3) is 5.22. The average Bonchev–Trinajstić information content (AvgIpc) is 2.79. The summed E-state index contributed by atoms with van der Waals surface area (Å²) >= 11 is 0. The standard InChI is InChI=1S/C23H35FN6O2/c1-26(30-22(31)3-2-4-23(30)32)19-5-6-21(20(24)17-19)28-15-13-27(14-16-28)10-7-18-8-11-29(25)12-9-18/h5-6,17-18H,2-4,7-16,25H2,1H3. The van der Waals surface area contributed by atoms with Crippen LogP contribution in [0, 0.1) is 11.7 Å². The van der Waals surface area contributed by atoms with Gasteiger partial charge in [-0.2, -0.15) is 5.01 Å². The molecule has 0 radical (unpaired) electrons. The molecule has 9 heteroatoms. The second-order valence-electron chi connectivity index (χ2n) is 9.21. The average molecular weight is 447 g/mol. The first-order valence-electron chi connectivity index (χ1n) is 11.8. The highest BCUT2D eigenvalue weighted by atomic mass is 19.1. The van der Waals surface area contributed by atoms with Crippen LogP contribution >= 0.6 is 0 Å². The fourth-order valence-electron chi connectivity index (χ4n) is 4.96. The summed E-state index contributed by atoms with van der Waals surface area (Å²) in [7, 11) is 1.63. The van der Waals surface area contributed by atoms with E-state index in [9.17, 15) is 14.0 Å². The third-order valence-corrected chi connectivity index (χ3v) is 7.07. The van der Waals surface area contributed by atoms with E-state index in [1.165, 1.54) is 30.3 Å². The summed E-state index contributed by atoms with van der Waals surface area (Å²) in [5.74, 6) is 5.80. The van der Waals surface area contributed by atoms with Crippen molar-refractivity contribution in [3.8, 4) is 0 Å². The van der Waals surface area contributed by atoms with Crippen LogP contribution in [0.25, 0.3) is 0 Å². The van der Waals surface area contributed by atoms with Crippen LogP contribution in [0.4, 0.5) is 15.8 Å². The lowest BCUT2D eigenvalue weighted by atomic mass is 9.94. The van der Waals surface area contributed by atoms with Gasteiger partial charge in [-0.15, -0.1) is 0 Å². The van der Waals surface area contributed by atoms with E-state index in [2.05, 4.69) is 9.80 Å². The van der Waals surface area contributed by atoms with Gasteiger partial charge in [0.15, 0.2) is 0 Å². The van der Waals surface area contributed by atoms with E-state index in [1.54, 1.807) is 19.2 Å². The highest BCUT2D eigenvalue weighted by molar-refractivity contribution is 5.99. The minimum absolute atomic E-state index is 0.238. The van der Waals surface area contributed by atoms with Gasteiger partial charge in [0.05, 0.1) is 11.4 Å². The number of hydrogen-bond donors (Lipinski definition) is 1. The van der Waals surface area contributed by atoms with Gasteiger partial charge in [-0.05, 0) is 50.3 Å². The number of carbonyl (C=O) groups excluding carboxylic acids is 2. The minimum Gasteiger partial charge on any atom is -0.367 e. The summed E-state index contributed by atoms with van der Waals surface area (Å²) in [5, 5.41) is 4.51. The van der Waals surface area contributed by atoms with Gasteiger partial charge in [-0.1, -0.05) is 0 Å². The van der Waals surface area contributed by atoms with Crippen molar-refractivity contribution in [2.75, 3.05) is 62.8 Å². The van der Waals surface area contributed by atoms with Crippen LogP contribution in [0.1, 0.15) is 38.5 Å². The largest absolute Gasteiger partial charge is 0.367 e. The molecule has 0 aromatic heterocycles. The van der Waals surface area contributed by atoms with Gasteiger partial charge in [-0.3, -0.25) is 25.3 Å². The quantitative estimate of drug-likeness (QED) is 0.528. The zero-order chi connectivity index (χ0) is 22.7. The lowest BCUT2D eigenvalue weighted by Gasteiger charge is -2.38. The molecule has 0 bridgehead atoms. The van der Waals surface area contributed by atoms with Gasteiger partial charge < -0.3 is 4.90 Å². The molecule has 1 aromatic rings. The SMILES string of the molecule is CN(c1ccc(N2CCN(CCC3CCN(N)CC3)CC2)c(F)c1)N1C(=O)CCCC1=O. The van der Waals surface area contributed by atoms with Crippen molar-refractivity contribution >= 4 is 23.2 Å². The number of piperazine rings is 1. The lowest BCUT2D eigenvalue weighted by molar-refractivity contribution is -0.148. The third-order valence-electron chi connectivity index (χ3n) is 7.07. The van der Waals surface area contributed by atoms with Gasteiger partial charge in [0.25, 0.3) is 0 Å². The number of imide groups is 1. The second kappa shape index (κ2) is 10.1. The first-order valence-corrected chi connectivity index (χ1v) is 11.8. The molecule has 8 nitrogen and oxygen atoms in total. The molecule has 1 aromatic carbocycles. The number of nitrogens with zero attached hydrogens (tertiary/aromatic N) is 5. The van der Waals surface area contributed by atoms with E-state index in [0.29, 0.717) is 30.6 Å². The van der Waals surface area contributed by atoms with Gasteiger partial charge in [0, 0.05) is 65.2 Å². The number of benzene rings is 1. The Bertz CT molecular complexity index is 805. The highest BCUT2D eigenvalue weighted by Crippen LogP contribution is 2.28. The number of hydrazine groups is 2. The Morgan fingerprint density at radius 2 is 1.69 bits per heavy atom. The molecule has 2 amide bonds. The van der Waals surface area contributed by atoms with Gasteiger partial charge in [0.1, 0.15) is 5.82 Å². The molecule has 0 spiro atoms. The van der Waals surface area contributed by atoms with Crippen molar-refractivity contribution in [2.45, 2.75) is 38.5 Å². The van der Waals surface area contributed by atoms with Gasteiger partial charge >= 0.3 is 0 Å². The minimum atomic E-state index is -0.326. The van der Waals surface area contributed by atoms with E-state index in [4.69, 9.17) is 5.84 Å². The topological polar surface area (TPSA) is 76.4 Å². The van der Waals surface area contributed by atoms with E-state index < -0.39 is 0 Å². The molecule has 176 valence electrons. The molecular formula is C23H35FN6O2. The molecule has 0 aliphatic carbocycles. The van der Waals surface area contributed by atoms with E-state index in [0.717, 1.165) is 56.7 Å². The van der Waals surface area contributed by atoms with Crippen LogP contribution in [0.2, 0.25) is 0 Å². The monoisotopic (exact) mass is 446 g/mol. The van der Waals surface area contributed by atoms with Gasteiger partial charge in [-0.25, -0.2) is 9.40 Å². The van der Waals surface area contributed by atoms with Crippen LogP contribution in [0.5, 0.6) is 0 Å². The lowest BCUT2D eigenvalue weighted by Crippen LogP contribution is -2.50. The molecule has 3 heterocycles. The number of piperidine rings is 2.